The fraction of sp³-hybridized carbons (Fsp3) is 0.0870. The minimum atomic E-state index is -0.0509. The van der Waals surface area contributed by atoms with E-state index >= 15 is 0 Å². The van der Waals surface area contributed by atoms with Crippen LogP contribution in [0.4, 0.5) is 0 Å². The maximum absolute atomic E-state index is 12.3. The Bertz CT molecular complexity index is 892. The molecular weight excluding hydrogens is 344 g/mol. The van der Waals surface area contributed by atoms with Crippen molar-refractivity contribution < 1.29 is 9.53 Å². The Balaban J connectivity index is 1.58. The Kier molecular flexibility index (Phi) is 5.88. The van der Waals surface area contributed by atoms with Crippen LogP contribution in [-0.2, 0) is 6.61 Å². The van der Waals surface area contributed by atoms with E-state index in [2.05, 4.69) is 31.2 Å². The number of hydrogen-bond donors (Lipinski definition) is 0. The smallest absolute Gasteiger partial charge is 0.185 e. The first-order valence-electron chi connectivity index (χ1n) is 8.36. The monoisotopic (exact) mass is 362 g/mol. The zero-order valence-electron chi connectivity index (χ0n) is 14.5. The largest absolute Gasteiger partial charge is 0.489 e. The lowest BCUT2D eigenvalue weighted by molar-refractivity contribution is 0.104. The quantitative estimate of drug-likeness (QED) is 0.390. The second-order valence-electron chi connectivity index (χ2n) is 6.05. The van der Waals surface area contributed by atoms with Crippen LogP contribution in [0, 0.1) is 6.92 Å². The number of halogens is 1. The van der Waals surface area contributed by atoms with Gasteiger partial charge in [0.15, 0.2) is 5.78 Å². The van der Waals surface area contributed by atoms with Gasteiger partial charge in [0.25, 0.3) is 0 Å². The second kappa shape index (κ2) is 8.50. The number of carbonyl (C=O) groups excluding carboxylic acids is 1. The predicted octanol–water partition coefficient (Wildman–Crippen LogP) is 6.12. The summed E-state index contributed by atoms with van der Waals surface area (Å²) in [4.78, 5) is 12.3. The van der Waals surface area contributed by atoms with Gasteiger partial charge in [0, 0.05) is 10.6 Å². The fourth-order valence-corrected chi connectivity index (χ4v) is 2.53. The lowest BCUT2D eigenvalue weighted by atomic mass is 10.1. The van der Waals surface area contributed by atoms with Gasteiger partial charge in [0.1, 0.15) is 12.4 Å². The SMILES string of the molecule is Cc1ccc(COc2ccc(C(=O)/C=C/c3ccc(Cl)cc3)cc2)cc1. The summed E-state index contributed by atoms with van der Waals surface area (Å²) in [5.74, 6) is 0.689. The standard InChI is InChI=1S/C23H19ClO2/c1-17-2-4-19(5-3-17)16-26-22-13-9-20(10-14-22)23(25)15-8-18-6-11-21(24)12-7-18/h2-15H,16H2,1H3/b15-8+. The maximum atomic E-state index is 12.3. The summed E-state index contributed by atoms with van der Waals surface area (Å²) in [7, 11) is 0. The van der Waals surface area contributed by atoms with Gasteiger partial charge in [0.2, 0.25) is 0 Å². The normalized spacial score (nSPS) is 10.8. The average molecular weight is 363 g/mol. The molecule has 0 radical (unpaired) electrons. The van der Waals surface area contributed by atoms with Crippen molar-refractivity contribution in [2.24, 2.45) is 0 Å². The van der Waals surface area contributed by atoms with E-state index < -0.39 is 0 Å². The van der Waals surface area contributed by atoms with E-state index in [0.29, 0.717) is 17.2 Å². The van der Waals surface area contributed by atoms with Gasteiger partial charge in [-0.15, -0.1) is 0 Å². The van der Waals surface area contributed by atoms with Gasteiger partial charge in [0.05, 0.1) is 0 Å². The molecule has 3 heteroatoms. The van der Waals surface area contributed by atoms with Crippen LogP contribution >= 0.6 is 11.6 Å². The molecule has 3 rings (SSSR count). The van der Waals surface area contributed by atoms with E-state index in [4.69, 9.17) is 16.3 Å². The Labute approximate surface area is 158 Å². The fourth-order valence-electron chi connectivity index (χ4n) is 2.41. The van der Waals surface area contributed by atoms with E-state index in [1.165, 1.54) is 5.56 Å². The van der Waals surface area contributed by atoms with Crippen LogP contribution in [0.25, 0.3) is 6.08 Å². The van der Waals surface area contributed by atoms with Gasteiger partial charge in [-0.2, -0.15) is 0 Å². The summed E-state index contributed by atoms with van der Waals surface area (Å²) < 4.78 is 5.77. The molecule has 0 fully saturated rings. The third kappa shape index (κ3) is 5.08. The first-order valence-corrected chi connectivity index (χ1v) is 8.74. The summed E-state index contributed by atoms with van der Waals surface area (Å²) in [6.07, 6.45) is 3.34. The van der Waals surface area contributed by atoms with E-state index in [-0.39, 0.29) is 5.78 Å². The topological polar surface area (TPSA) is 26.3 Å². The van der Waals surface area contributed by atoms with Crippen molar-refractivity contribution in [2.75, 3.05) is 0 Å². The highest BCUT2D eigenvalue weighted by Gasteiger charge is 2.03. The Morgan fingerprint density at radius 2 is 1.58 bits per heavy atom. The molecule has 130 valence electrons. The first-order chi connectivity index (χ1) is 12.6. The third-order valence-corrected chi connectivity index (χ3v) is 4.21. The molecule has 0 atom stereocenters. The summed E-state index contributed by atoms with van der Waals surface area (Å²) in [5, 5.41) is 0.676. The van der Waals surface area contributed by atoms with E-state index in [9.17, 15) is 4.79 Å². The van der Waals surface area contributed by atoms with Crippen LogP contribution in [-0.4, -0.2) is 5.78 Å². The molecule has 3 aromatic carbocycles. The van der Waals surface area contributed by atoms with Crippen molar-refractivity contribution in [1.29, 1.82) is 0 Å². The third-order valence-electron chi connectivity index (χ3n) is 3.96. The van der Waals surface area contributed by atoms with Crippen molar-refractivity contribution >= 4 is 23.5 Å². The molecule has 0 saturated carbocycles. The van der Waals surface area contributed by atoms with E-state index in [0.717, 1.165) is 16.9 Å². The second-order valence-corrected chi connectivity index (χ2v) is 6.48. The highest BCUT2D eigenvalue weighted by molar-refractivity contribution is 6.30. The molecule has 0 heterocycles. The molecule has 2 nitrogen and oxygen atoms in total. The summed E-state index contributed by atoms with van der Waals surface area (Å²) in [6.45, 7) is 2.56. The molecule has 0 saturated heterocycles. The van der Waals surface area contributed by atoms with Crippen LogP contribution in [0.5, 0.6) is 5.75 Å². The van der Waals surface area contributed by atoms with Gasteiger partial charge in [-0.3, -0.25) is 4.79 Å². The molecule has 0 aromatic heterocycles. The Hall–Kier alpha value is -2.84. The maximum Gasteiger partial charge on any atom is 0.185 e. The predicted molar refractivity (Wildman–Crippen MR) is 107 cm³/mol. The molecule has 0 aliphatic heterocycles. The van der Waals surface area contributed by atoms with Crippen molar-refractivity contribution in [3.63, 3.8) is 0 Å². The number of ether oxygens (including phenoxy) is 1. The number of rotatable bonds is 6. The number of aryl methyl sites for hydroxylation is 1. The number of hydrogen-bond acceptors (Lipinski definition) is 2. The van der Waals surface area contributed by atoms with E-state index in [1.807, 2.05) is 24.3 Å². The van der Waals surface area contributed by atoms with Crippen LogP contribution in [0.3, 0.4) is 0 Å². The molecule has 0 unspecified atom stereocenters. The van der Waals surface area contributed by atoms with Crippen molar-refractivity contribution in [3.8, 4) is 5.75 Å². The number of benzene rings is 3. The lowest BCUT2D eigenvalue weighted by Crippen LogP contribution is -1.97. The zero-order chi connectivity index (χ0) is 18.4. The Morgan fingerprint density at radius 3 is 2.23 bits per heavy atom. The molecule has 26 heavy (non-hydrogen) atoms. The van der Waals surface area contributed by atoms with Crippen LogP contribution in [0.2, 0.25) is 5.02 Å². The minimum Gasteiger partial charge on any atom is -0.489 e. The van der Waals surface area contributed by atoms with Crippen LogP contribution < -0.4 is 4.74 Å². The summed E-state index contributed by atoms with van der Waals surface area (Å²) in [6, 6.07) is 22.7. The van der Waals surface area contributed by atoms with Crippen molar-refractivity contribution in [3.05, 3.63) is 106 Å². The molecule has 0 amide bonds. The molecule has 0 spiro atoms. The number of ketones is 1. The van der Waals surface area contributed by atoms with Crippen molar-refractivity contribution in [1.82, 2.24) is 0 Å². The van der Waals surface area contributed by atoms with Crippen LogP contribution in [0.15, 0.2) is 78.9 Å². The molecule has 0 aliphatic rings. The van der Waals surface area contributed by atoms with Gasteiger partial charge in [-0.1, -0.05) is 59.6 Å². The lowest BCUT2D eigenvalue weighted by Gasteiger charge is -2.07. The van der Waals surface area contributed by atoms with E-state index in [1.54, 1.807) is 36.4 Å². The zero-order valence-corrected chi connectivity index (χ0v) is 15.2. The molecular formula is C23H19ClO2. The summed E-state index contributed by atoms with van der Waals surface area (Å²) in [5.41, 5.74) is 3.89. The molecule has 0 N–H and O–H groups in total. The van der Waals surface area contributed by atoms with Gasteiger partial charge < -0.3 is 4.74 Å². The summed E-state index contributed by atoms with van der Waals surface area (Å²) >= 11 is 5.85. The first kappa shape index (κ1) is 18.0. The highest BCUT2D eigenvalue weighted by Crippen LogP contribution is 2.16. The number of carbonyl (C=O) groups is 1. The Morgan fingerprint density at radius 1 is 0.923 bits per heavy atom. The highest BCUT2D eigenvalue weighted by atomic mass is 35.5. The van der Waals surface area contributed by atoms with Crippen molar-refractivity contribution in [2.45, 2.75) is 13.5 Å². The molecule has 0 aliphatic carbocycles. The number of allylic oxidation sites excluding steroid dienone is 1. The molecule has 0 bridgehead atoms. The minimum absolute atomic E-state index is 0.0509. The van der Waals surface area contributed by atoms with Gasteiger partial charge in [-0.05, 0) is 60.5 Å². The van der Waals surface area contributed by atoms with Gasteiger partial charge in [-0.25, -0.2) is 0 Å². The van der Waals surface area contributed by atoms with Crippen LogP contribution in [0.1, 0.15) is 27.0 Å². The van der Waals surface area contributed by atoms with Gasteiger partial charge >= 0.3 is 0 Å². The average Bonchev–Trinajstić information content (AvgIpc) is 2.67. The molecule has 3 aromatic rings.